The van der Waals surface area contributed by atoms with Crippen LogP contribution in [-0.4, -0.2) is 52.5 Å². The van der Waals surface area contributed by atoms with Crippen molar-refractivity contribution in [3.63, 3.8) is 0 Å². The predicted octanol–water partition coefficient (Wildman–Crippen LogP) is 4.93. The minimum atomic E-state index is -1.34. The molecule has 6 nitrogen and oxygen atoms in total. The molecule has 1 saturated heterocycles. The summed E-state index contributed by atoms with van der Waals surface area (Å²) in [6, 6.07) is 0. The molecule has 9 atom stereocenters. The molecular weight excluding hydrogens is 432 g/mol. The van der Waals surface area contributed by atoms with Gasteiger partial charge in [0.05, 0.1) is 11.7 Å². The first-order valence-electron chi connectivity index (χ1n) is 12.9. The van der Waals surface area contributed by atoms with Gasteiger partial charge < -0.3 is 24.4 Å². The van der Waals surface area contributed by atoms with Gasteiger partial charge in [0.1, 0.15) is 12.2 Å². The van der Waals surface area contributed by atoms with Gasteiger partial charge in [0.15, 0.2) is 12.4 Å². The summed E-state index contributed by atoms with van der Waals surface area (Å²) in [6.45, 7) is 18.5. The number of carbonyl (C=O) groups excluding carboxylic acids is 1. The molecule has 0 spiro atoms. The number of hydrogen-bond acceptors (Lipinski definition) is 6. The maximum absolute atomic E-state index is 11.4. The van der Waals surface area contributed by atoms with E-state index in [1.165, 1.54) is 31.8 Å². The van der Waals surface area contributed by atoms with Crippen LogP contribution in [0.25, 0.3) is 0 Å². The van der Waals surface area contributed by atoms with Gasteiger partial charge in [-0.25, -0.2) is 0 Å². The first kappa shape index (κ1) is 27.4. The van der Waals surface area contributed by atoms with Gasteiger partial charge in [-0.2, -0.15) is 0 Å². The third-order valence-corrected chi connectivity index (χ3v) is 9.12. The van der Waals surface area contributed by atoms with Crippen molar-refractivity contribution in [2.75, 3.05) is 0 Å². The van der Waals surface area contributed by atoms with Crippen LogP contribution >= 0.6 is 0 Å². The number of rotatable bonds is 7. The van der Waals surface area contributed by atoms with E-state index in [0.717, 1.165) is 19.3 Å². The molecule has 194 valence electrons. The van der Waals surface area contributed by atoms with Crippen molar-refractivity contribution in [2.24, 2.45) is 22.7 Å². The molecule has 3 rings (SSSR count). The van der Waals surface area contributed by atoms with Crippen molar-refractivity contribution in [2.45, 2.75) is 123 Å². The number of aliphatic hydroxyl groups excluding tert-OH is 2. The number of allylic oxidation sites excluding steroid dienone is 2. The second kappa shape index (κ2) is 10.0. The second-order valence-electron chi connectivity index (χ2n) is 12.1. The fourth-order valence-corrected chi connectivity index (χ4v) is 7.06. The molecule has 9 unspecified atom stereocenters. The van der Waals surface area contributed by atoms with E-state index in [1.54, 1.807) is 13.0 Å². The molecular formula is C28H46O6. The minimum Gasteiger partial charge on any atom is -0.457 e. The van der Waals surface area contributed by atoms with Crippen LogP contribution in [-0.2, 0) is 19.0 Å². The zero-order chi connectivity index (χ0) is 25.5. The molecule has 0 bridgehead atoms. The topological polar surface area (TPSA) is 85.2 Å². The second-order valence-corrected chi connectivity index (χ2v) is 12.1. The quantitative estimate of drug-likeness (QED) is 0.399. The molecule has 0 aromatic heterocycles. The molecule has 34 heavy (non-hydrogen) atoms. The van der Waals surface area contributed by atoms with E-state index in [2.05, 4.69) is 40.3 Å². The molecule has 6 heteroatoms. The summed E-state index contributed by atoms with van der Waals surface area (Å²) in [5.74, 6) is 0.593. The van der Waals surface area contributed by atoms with Crippen molar-refractivity contribution >= 4 is 5.97 Å². The van der Waals surface area contributed by atoms with E-state index in [4.69, 9.17) is 14.2 Å². The Morgan fingerprint density at radius 3 is 2.59 bits per heavy atom. The van der Waals surface area contributed by atoms with E-state index >= 15 is 0 Å². The molecule has 0 radical (unpaired) electrons. The molecule has 1 heterocycles. The van der Waals surface area contributed by atoms with Gasteiger partial charge in [-0.05, 0) is 75.5 Å². The highest BCUT2D eigenvalue weighted by atomic mass is 16.7. The molecule has 1 aliphatic heterocycles. The first-order valence-corrected chi connectivity index (χ1v) is 12.9. The molecule has 0 aromatic carbocycles. The van der Waals surface area contributed by atoms with Gasteiger partial charge >= 0.3 is 5.97 Å². The van der Waals surface area contributed by atoms with Crippen LogP contribution < -0.4 is 0 Å². The van der Waals surface area contributed by atoms with Crippen molar-refractivity contribution in [1.29, 1.82) is 0 Å². The molecule has 0 amide bonds. The molecule has 2 fully saturated rings. The summed E-state index contributed by atoms with van der Waals surface area (Å²) in [5, 5.41) is 21.2. The summed E-state index contributed by atoms with van der Waals surface area (Å²) in [4.78, 5) is 11.4. The van der Waals surface area contributed by atoms with Gasteiger partial charge in [0, 0.05) is 6.92 Å². The van der Waals surface area contributed by atoms with E-state index in [9.17, 15) is 15.0 Å². The summed E-state index contributed by atoms with van der Waals surface area (Å²) in [7, 11) is 0. The SMILES string of the molecule is C=CC(C)(CCC1C(C)=CCC2C(C)(C)CCCC12C)OC1OC(C)C(OC(C)=O)C(O)C1O. The van der Waals surface area contributed by atoms with Crippen LogP contribution in [0.4, 0.5) is 0 Å². The first-order chi connectivity index (χ1) is 15.7. The Morgan fingerprint density at radius 2 is 1.97 bits per heavy atom. The van der Waals surface area contributed by atoms with Gasteiger partial charge in [-0.15, -0.1) is 6.58 Å². The highest BCUT2D eigenvalue weighted by Gasteiger charge is 2.52. The minimum absolute atomic E-state index is 0.255. The lowest BCUT2D eigenvalue weighted by molar-refractivity contribution is -0.314. The molecule has 3 aliphatic rings. The summed E-state index contributed by atoms with van der Waals surface area (Å²) >= 11 is 0. The smallest absolute Gasteiger partial charge is 0.303 e. The van der Waals surface area contributed by atoms with Crippen molar-refractivity contribution in [3.8, 4) is 0 Å². The van der Waals surface area contributed by atoms with E-state index in [0.29, 0.717) is 17.3 Å². The molecule has 2 N–H and O–H groups in total. The van der Waals surface area contributed by atoms with Gasteiger partial charge in [0.2, 0.25) is 0 Å². The third kappa shape index (κ3) is 5.30. The average Bonchev–Trinajstić information content (AvgIpc) is 2.73. The summed E-state index contributed by atoms with van der Waals surface area (Å²) in [6.07, 6.45) is 5.60. The Kier molecular flexibility index (Phi) is 8.08. The van der Waals surface area contributed by atoms with E-state index in [1.807, 2.05) is 6.92 Å². The van der Waals surface area contributed by atoms with E-state index < -0.39 is 42.3 Å². The zero-order valence-corrected chi connectivity index (χ0v) is 22.2. The Morgan fingerprint density at radius 1 is 1.29 bits per heavy atom. The predicted molar refractivity (Wildman–Crippen MR) is 132 cm³/mol. The third-order valence-electron chi connectivity index (χ3n) is 9.12. The molecule has 1 saturated carbocycles. The van der Waals surface area contributed by atoms with Gasteiger partial charge in [-0.3, -0.25) is 4.79 Å². The number of aliphatic hydroxyl groups is 2. The fourth-order valence-electron chi connectivity index (χ4n) is 7.06. The Bertz CT molecular complexity index is 790. The maximum atomic E-state index is 11.4. The van der Waals surface area contributed by atoms with Crippen LogP contribution in [0.3, 0.4) is 0 Å². The van der Waals surface area contributed by atoms with Crippen molar-refractivity contribution < 1.29 is 29.2 Å². The van der Waals surface area contributed by atoms with Crippen LogP contribution in [0.15, 0.2) is 24.3 Å². The number of carbonyl (C=O) groups is 1. The largest absolute Gasteiger partial charge is 0.457 e. The highest BCUT2D eigenvalue weighted by molar-refractivity contribution is 5.66. The van der Waals surface area contributed by atoms with Crippen LogP contribution in [0.1, 0.15) is 87.0 Å². The number of hydrogen-bond donors (Lipinski definition) is 2. The summed E-state index contributed by atoms with van der Waals surface area (Å²) < 4.78 is 17.3. The number of esters is 1. The lowest BCUT2D eigenvalue weighted by Gasteiger charge is -2.57. The zero-order valence-electron chi connectivity index (χ0n) is 22.2. The highest BCUT2D eigenvalue weighted by Crippen LogP contribution is 2.60. The lowest BCUT2D eigenvalue weighted by Crippen LogP contribution is -2.60. The molecule has 0 aromatic rings. The maximum Gasteiger partial charge on any atom is 0.303 e. The normalized spacial score (nSPS) is 41.6. The van der Waals surface area contributed by atoms with E-state index in [-0.39, 0.29) is 5.41 Å². The Hall–Kier alpha value is -1.21. The van der Waals surface area contributed by atoms with Gasteiger partial charge in [0.25, 0.3) is 0 Å². The standard InChI is InChI=1S/C28H46O6/c1-9-27(7,34-25-23(31)22(30)24(18(3)32-25)33-19(4)29)16-13-20-17(2)11-12-21-26(5,6)14-10-15-28(20,21)8/h9,11,18,20-25,30-31H,1,10,12-16H2,2-8H3. The lowest BCUT2D eigenvalue weighted by atomic mass is 9.48. The van der Waals surface area contributed by atoms with Crippen molar-refractivity contribution in [3.05, 3.63) is 24.3 Å². The number of fused-ring (bicyclic) bond motifs is 1. The van der Waals surface area contributed by atoms with Crippen LogP contribution in [0, 0.1) is 22.7 Å². The summed E-state index contributed by atoms with van der Waals surface area (Å²) in [5.41, 5.74) is 1.31. The fraction of sp³-hybridized carbons (Fsp3) is 0.821. The van der Waals surface area contributed by atoms with Crippen molar-refractivity contribution in [1.82, 2.24) is 0 Å². The Balaban J connectivity index is 1.72. The van der Waals surface area contributed by atoms with Gasteiger partial charge in [-0.1, -0.05) is 44.9 Å². The van der Waals surface area contributed by atoms with Crippen LogP contribution in [0.5, 0.6) is 0 Å². The number of ether oxygens (including phenoxy) is 3. The monoisotopic (exact) mass is 478 g/mol. The van der Waals surface area contributed by atoms with Crippen LogP contribution in [0.2, 0.25) is 0 Å². The molecule has 2 aliphatic carbocycles. The average molecular weight is 479 g/mol. The Labute approximate surface area is 205 Å².